The van der Waals surface area contributed by atoms with E-state index in [9.17, 15) is 5.11 Å². The molecule has 3 nitrogen and oxygen atoms in total. The molecule has 0 saturated heterocycles. The van der Waals surface area contributed by atoms with Crippen LogP contribution in [0.2, 0.25) is 0 Å². The van der Waals surface area contributed by atoms with Crippen molar-refractivity contribution in [1.82, 2.24) is 0 Å². The highest BCUT2D eigenvalue weighted by atomic mass is 16.5. The van der Waals surface area contributed by atoms with Gasteiger partial charge in [0.2, 0.25) is 0 Å². The highest BCUT2D eigenvalue weighted by Gasteiger charge is 2.07. The summed E-state index contributed by atoms with van der Waals surface area (Å²) in [5.74, 6) is 1.67. The molecular formula is C16H26O3. The summed E-state index contributed by atoms with van der Waals surface area (Å²) in [7, 11) is 0. The summed E-state index contributed by atoms with van der Waals surface area (Å²) in [6.45, 7) is 7.06. The SMILES string of the molecule is CCCCOc1ccc(CCC)c(OCC(C)O)c1. The Kier molecular flexibility index (Phi) is 7.34. The van der Waals surface area contributed by atoms with Gasteiger partial charge in [0, 0.05) is 6.07 Å². The van der Waals surface area contributed by atoms with E-state index in [4.69, 9.17) is 9.47 Å². The lowest BCUT2D eigenvalue weighted by Crippen LogP contribution is -2.13. The van der Waals surface area contributed by atoms with Gasteiger partial charge in [-0.3, -0.25) is 0 Å². The second-order valence-electron chi connectivity index (χ2n) is 4.88. The van der Waals surface area contributed by atoms with Gasteiger partial charge in [0.15, 0.2) is 0 Å². The smallest absolute Gasteiger partial charge is 0.126 e. The van der Waals surface area contributed by atoms with Crippen LogP contribution < -0.4 is 9.47 Å². The van der Waals surface area contributed by atoms with Gasteiger partial charge in [-0.25, -0.2) is 0 Å². The third-order valence-electron chi connectivity index (χ3n) is 2.80. The number of aliphatic hydroxyl groups is 1. The van der Waals surface area contributed by atoms with E-state index in [2.05, 4.69) is 19.9 Å². The summed E-state index contributed by atoms with van der Waals surface area (Å²) >= 11 is 0. The Morgan fingerprint density at radius 3 is 2.58 bits per heavy atom. The maximum Gasteiger partial charge on any atom is 0.126 e. The molecular weight excluding hydrogens is 240 g/mol. The predicted octanol–water partition coefficient (Wildman–Crippen LogP) is 3.58. The van der Waals surface area contributed by atoms with Crippen LogP contribution in [0.5, 0.6) is 11.5 Å². The zero-order chi connectivity index (χ0) is 14.1. The molecule has 0 aliphatic rings. The summed E-state index contributed by atoms with van der Waals surface area (Å²) in [6, 6.07) is 5.99. The molecule has 0 saturated carbocycles. The molecule has 0 spiro atoms. The second-order valence-corrected chi connectivity index (χ2v) is 4.88. The van der Waals surface area contributed by atoms with Crippen molar-refractivity contribution in [3.8, 4) is 11.5 Å². The second kappa shape index (κ2) is 8.81. The Balaban J connectivity index is 2.72. The minimum Gasteiger partial charge on any atom is -0.493 e. The number of unbranched alkanes of at least 4 members (excludes halogenated alkanes) is 1. The van der Waals surface area contributed by atoms with Crippen molar-refractivity contribution in [3.63, 3.8) is 0 Å². The summed E-state index contributed by atoms with van der Waals surface area (Å²) < 4.78 is 11.4. The first kappa shape index (κ1) is 15.8. The lowest BCUT2D eigenvalue weighted by molar-refractivity contribution is 0.122. The topological polar surface area (TPSA) is 38.7 Å². The molecule has 0 amide bonds. The van der Waals surface area contributed by atoms with E-state index in [-0.39, 0.29) is 0 Å². The van der Waals surface area contributed by atoms with Crippen LogP contribution in [-0.2, 0) is 6.42 Å². The zero-order valence-corrected chi connectivity index (χ0v) is 12.3. The molecule has 1 unspecified atom stereocenters. The third-order valence-corrected chi connectivity index (χ3v) is 2.80. The van der Waals surface area contributed by atoms with Crippen LogP contribution in [0.1, 0.15) is 45.6 Å². The third kappa shape index (κ3) is 5.97. The number of aliphatic hydroxyl groups excluding tert-OH is 1. The Hall–Kier alpha value is -1.22. The van der Waals surface area contributed by atoms with Gasteiger partial charge in [-0.2, -0.15) is 0 Å². The van der Waals surface area contributed by atoms with Gasteiger partial charge in [-0.1, -0.05) is 32.8 Å². The number of benzene rings is 1. The molecule has 1 rings (SSSR count). The Morgan fingerprint density at radius 1 is 1.16 bits per heavy atom. The van der Waals surface area contributed by atoms with E-state index < -0.39 is 6.10 Å². The van der Waals surface area contributed by atoms with E-state index in [0.717, 1.165) is 43.8 Å². The van der Waals surface area contributed by atoms with Gasteiger partial charge >= 0.3 is 0 Å². The standard InChI is InChI=1S/C16H26O3/c1-4-6-10-18-15-9-8-14(7-5-2)16(11-15)19-12-13(3)17/h8-9,11,13,17H,4-7,10,12H2,1-3H3. The Morgan fingerprint density at radius 2 is 1.95 bits per heavy atom. The Labute approximate surface area is 116 Å². The molecule has 1 atom stereocenters. The van der Waals surface area contributed by atoms with Crippen molar-refractivity contribution in [3.05, 3.63) is 23.8 Å². The molecule has 0 aliphatic heterocycles. The number of hydrogen-bond donors (Lipinski definition) is 1. The molecule has 1 aromatic rings. The van der Waals surface area contributed by atoms with Gasteiger partial charge in [-0.15, -0.1) is 0 Å². The van der Waals surface area contributed by atoms with Gasteiger partial charge in [0.1, 0.15) is 18.1 Å². The monoisotopic (exact) mass is 266 g/mol. The highest BCUT2D eigenvalue weighted by molar-refractivity contribution is 5.41. The van der Waals surface area contributed by atoms with Gasteiger partial charge in [-0.05, 0) is 31.4 Å². The first-order valence-corrected chi connectivity index (χ1v) is 7.24. The molecule has 108 valence electrons. The fraction of sp³-hybridized carbons (Fsp3) is 0.625. The average Bonchev–Trinajstić information content (AvgIpc) is 2.39. The molecule has 0 bridgehead atoms. The number of hydrogen-bond acceptors (Lipinski definition) is 3. The van der Waals surface area contributed by atoms with Crippen LogP contribution in [0.3, 0.4) is 0 Å². The van der Waals surface area contributed by atoms with Crippen molar-refractivity contribution in [2.24, 2.45) is 0 Å². The zero-order valence-electron chi connectivity index (χ0n) is 12.3. The molecule has 19 heavy (non-hydrogen) atoms. The first-order valence-electron chi connectivity index (χ1n) is 7.24. The quantitative estimate of drug-likeness (QED) is 0.694. The van der Waals surface area contributed by atoms with E-state index in [1.54, 1.807) is 6.92 Å². The van der Waals surface area contributed by atoms with Crippen LogP contribution in [-0.4, -0.2) is 24.4 Å². The maximum absolute atomic E-state index is 9.32. The van der Waals surface area contributed by atoms with Crippen LogP contribution >= 0.6 is 0 Å². The summed E-state index contributed by atoms with van der Waals surface area (Å²) in [5, 5.41) is 9.32. The van der Waals surface area contributed by atoms with E-state index in [0.29, 0.717) is 6.61 Å². The van der Waals surface area contributed by atoms with Crippen LogP contribution in [0.15, 0.2) is 18.2 Å². The van der Waals surface area contributed by atoms with Crippen molar-refractivity contribution in [2.45, 2.75) is 52.6 Å². The van der Waals surface area contributed by atoms with Crippen LogP contribution in [0, 0.1) is 0 Å². The lowest BCUT2D eigenvalue weighted by atomic mass is 10.1. The predicted molar refractivity (Wildman–Crippen MR) is 78.0 cm³/mol. The largest absolute Gasteiger partial charge is 0.493 e. The molecule has 0 fully saturated rings. The molecule has 0 heterocycles. The van der Waals surface area contributed by atoms with Gasteiger partial charge < -0.3 is 14.6 Å². The fourth-order valence-corrected chi connectivity index (χ4v) is 1.78. The van der Waals surface area contributed by atoms with Crippen LogP contribution in [0.4, 0.5) is 0 Å². The lowest BCUT2D eigenvalue weighted by Gasteiger charge is -2.14. The molecule has 0 aromatic heterocycles. The van der Waals surface area contributed by atoms with Crippen molar-refractivity contribution >= 4 is 0 Å². The van der Waals surface area contributed by atoms with Crippen molar-refractivity contribution in [2.75, 3.05) is 13.2 Å². The first-order chi connectivity index (χ1) is 9.17. The summed E-state index contributed by atoms with van der Waals surface area (Å²) in [5.41, 5.74) is 1.17. The van der Waals surface area contributed by atoms with Gasteiger partial charge in [0.05, 0.1) is 12.7 Å². The molecule has 0 aliphatic carbocycles. The number of aryl methyl sites for hydroxylation is 1. The molecule has 1 aromatic carbocycles. The molecule has 1 N–H and O–H groups in total. The average molecular weight is 266 g/mol. The minimum absolute atomic E-state index is 0.315. The van der Waals surface area contributed by atoms with Crippen molar-refractivity contribution < 1.29 is 14.6 Å². The summed E-state index contributed by atoms with van der Waals surface area (Å²) in [4.78, 5) is 0. The minimum atomic E-state index is -0.459. The number of ether oxygens (including phenoxy) is 2. The van der Waals surface area contributed by atoms with Gasteiger partial charge in [0.25, 0.3) is 0 Å². The highest BCUT2D eigenvalue weighted by Crippen LogP contribution is 2.26. The van der Waals surface area contributed by atoms with Crippen molar-refractivity contribution in [1.29, 1.82) is 0 Å². The number of rotatable bonds is 9. The molecule has 3 heteroatoms. The van der Waals surface area contributed by atoms with Crippen LogP contribution in [0.25, 0.3) is 0 Å². The summed E-state index contributed by atoms with van der Waals surface area (Å²) in [6.07, 6.45) is 3.77. The van der Waals surface area contributed by atoms with E-state index >= 15 is 0 Å². The fourth-order valence-electron chi connectivity index (χ4n) is 1.78. The molecule has 0 radical (unpaired) electrons. The Bertz CT molecular complexity index is 361. The normalized spacial score (nSPS) is 12.2. The van der Waals surface area contributed by atoms with E-state index in [1.807, 2.05) is 12.1 Å². The van der Waals surface area contributed by atoms with E-state index in [1.165, 1.54) is 5.56 Å². The maximum atomic E-state index is 9.32.